The summed E-state index contributed by atoms with van der Waals surface area (Å²) in [6.07, 6.45) is 1.81. The summed E-state index contributed by atoms with van der Waals surface area (Å²) >= 11 is 1.35. The predicted molar refractivity (Wildman–Crippen MR) is 80.6 cm³/mol. The fraction of sp³-hybridized carbons (Fsp3) is 0.692. The molecule has 114 valence electrons. The Morgan fingerprint density at radius 1 is 1.50 bits per heavy atom. The van der Waals surface area contributed by atoms with Gasteiger partial charge in [-0.3, -0.25) is 0 Å². The van der Waals surface area contributed by atoms with Crippen LogP contribution in [-0.2, 0) is 21.3 Å². The molecular weight excluding hydrogens is 296 g/mol. The average molecular weight is 318 g/mol. The molecule has 0 aromatic carbocycles. The summed E-state index contributed by atoms with van der Waals surface area (Å²) in [5, 5.41) is 3.31. The van der Waals surface area contributed by atoms with Gasteiger partial charge < -0.3 is 10.1 Å². The first kappa shape index (κ1) is 15.9. The molecule has 1 fully saturated rings. The SMILES string of the molecule is CCCNCc1sc(S(=O)(=O)NC2CCOC2)cc1C. The molecular formula is C13H22N2O3S2. The van der Waals surface area contributed by atoms with Crippen LogP contribution in [0.3, 0.4) is 0 Å². The maximum absolute atomic E-state index is 12.3. The lowest BCUT2D eigenvalue weighted by Gasteiger charge is -2.09. The van der Waals surface area contributed by atoms with Crippen molar-refractivity contribution in [3.63, 3.8) is 0 Å². The highest BCUT2D eigenvalue weighted by molar-refractivity contribution is 7.91. The van der Waals surface area contributed by atoms with E-state index in [1.54, 1.807) is 6.07 Å². The molecule has 0 aliphatic carbocycles. The molecule has 2 rings (SSSR count). The minimum atomic E-state index is -3.42. The van der Waals surface area contributed by atoms with Gasteiger partial charge in [0.25, 0.3) is 0 Å². The summed E-state index contributed by atoms with van der Waals surface area (Å²) in [4.78, 5) is 1.08. The van der Waals surface area contributed by atoms with Crippen molar-refractivity contribution < 1.29 is 13.2 Å². The van der Waals surface area contributed by atoms with E-state index < -0.39 is 10.0 Å². The summed E-state index contributed by atoms with van der Waals surface area (Å²) < 4.78 is 32.9. The largest absolute Gasteiger partial charge is 0.380 e. The van der Waals surface area contributed by atoms with Gasteiger partial charge in [0.1, 0.15) is 4.21 Å². The number of thiophene rings is 1. The number of aryl methyl sites for hydroxylation is 1. The van der Waals surface area contributed by atoms with Crippen LogP contribution in [0.15, 0.2) is 10.3 Å². The number of ether oxygens (including phenoxy) is 1. The van der Waals surface area contributed by atoms with Crippen LogP contribution in [0.2, 0.25) is 0 Å². The van der Waals surface area contributed by atoms with Crippen molar-refractivity contribution in [3.05, 3.63) is 16.5 Å². The quantitative estimate of drug-likeness (QED) is 0.750. The maximum atomic E-state index is 12.3. The zero-order valence-electron chi connectivity index (χ0n) is 11.9. The summed E-state index contributed by atoms with van der Waals surface area (Å²) in [6, 6.07) is 1.66. The second-order valence-electron chi connectivity index (χ2n) is 5.03. The number of hydrogen-bond acceptors (Lipinski definition) is 5. The van der Waals surface area contributed by atoms with Crippen molar-refractivity contribution >= 4 is 21.4 Å². The molecule has 7 heteroatoms. The third kappa shape index (κ3) is 4.02. The first-order valence-corrected chi connectivity index (χ1v) is 9.23. The first-order chi connectivity index (χ1) is 9.53. The summed E-state index contributed by atoms with van der Waals surface area (Å²) in [5.74, 6) is 0. The molecule has 0 radical (unpaired) electrons. The van der Waals surface area contributed by atoms with Gasteiger partial charge in [-0.25, -0.2) is 13.1 Å². The van der Waals surface area contributed by atoms with Crippen LogP contribution >= 0.6 is 11.3 Å². The van der Waals surface area contributed by atoms with Crippen molar-refractivity contribution in [2.75, 3.05) is 19.8 Å². The van der Waals surface area contributed by atoms with Gasteiger partial charge in [-0.2, -0.15) is 0 Å². The van der Waals surface area contributed by atoms with Gasteiger partial charge in [0.15, 0.2) is 0 Å². The van der Waals surface area contributed by atoms with E-state index in [-0.39, 0.29) is 6.04 Å². The Bertz CT molecular complexity index is 534. The Hall–Kier alpha value is -0.470. The lowest BCUT2D eigenvalue weighted by Crippen LogP contribution is -2.34. The highest BCUT2D eigenvalue weighted by atomic mass is 32.2. The lowest BCUT2D eigenvalue weighted by atomic mass is 10.3. The number of hydrogen-bond donors (Lipinski definition) is 2. The molecule has 5 nitrogen and oxygen atoms in total. The fourth-order valence-electron chi connectivity index (χ4n) is 2.08. The third-order valence-electron chi connectivity index (χ3n) is 3.23. The first-order valence-electron chi connectivity index (χ1n) is 6.93. The van der Waals surface area contributed by atoms with E-state index in [9.17, 15) is 8.42 Å². The molecule has 1 aromatic rings. The average Bonchev–Trinajstić information content (AvgIpc) is 3.00. The molecule has 2 N–H and O–H groups in total. The van der Waals surface area contributed by atoms with Crippen molar-refractivity contribution in [3.8, 4) is 0 Å². The molecule has 1 atom stereocenters. The van der Waals surface area contributed by atoms with Gasteiger partial charge in [-0.05, 0) is 37.9 Å². The van der Waals surface area contributed by atoms with E-state index in [4.69, 9.17) is 4.74 Å². The molecule has 1 aliphatic heterocycles. The van der Waals surface area contributed by atoms with E-state index >= 15 is 0 Å². The van der Waals surface area contributed by atoms with Gasteiger partial charge in [-0.1, -0.05) is 6.92 Å². The predicted octanol–water partition coefficient (Wildman–Crippen LogP) is 1.62. The minimum Gasteiger partial charge on any atom is -0.380 e. The summed E-state index contributed by atoms with van der Waals surface area (Å²) in [7, 11) is -3.42. The highest BCUT2D eigenvalue weighted by Crippen LogP contribution is 2.26. The molecule has 20 heavy (non-hydrogen) atoms. The number of nitrogens with one attached hydrogen (secondary N) is 2. The van der Waals surface area contributed by atoms with Crippen LogP contribution in [0.4, 0.5) is 0 Å². The normalized spacial score (nSPS) is 19.6. The molecule has 1 saturated heterocycles. The van der Waals surface area contributed by atoms with Crippen molar-refractivity contribution in [1.82, 2.24) is 10.0 Å². The van der Waals surface area contributed by atoms with Crippen molar-refractivity contribution in [2.45, 2.75) is 43.5 Å². The number of sulfonamides is 1. The fourth-order valence-corrected chi connectivity index (χ4v) is 4.91. The lowest BCUT2D eigenvalue weighted by molar-refractivity contribution is 0.192. The maximum Gasteiger partial charge on any atom is 0.250 e. The van der Waals surface area contributed by atoms with Crippen LogP contribution in [0.25, 0.3) is 0 Å². The highest BCUT2D eigenvalue weighted by Gasteiger charge is 2.25. The van der Waals surface area contributed by atoms with Crippen LogP contribution in [0.1, 0.15) is 30.2 Å². The Labute approximate surface area is 124 Å². The topological polar surface area (TPSA) is 67.4 Å². The summed E-state index contributed by atoms with van der Waals surface area (Å²) in [5.41, 5.74) is 1.03. The third-order valence-corrected chi connectivity index (χ3v) is 6.46. The van der Waals surface area contributed by atoms with E-state index in [1.807, 2.05) is 6.92 Å². The monoisotopic (exact) mass is 318 g/mol. The molecule has 1 aromatic heterocycles. The zero-order valence-corrected chi connectivity index (χ0v) is 13.6. The van der Waals surface area contributed by atoms with E-state index in [0.717, 1.165) is 36.4 Å². The van der Waals surface area contributed by atoms with Gasteiger partial charge in [0.2, 0.25) is 10.0 Å². The molecule has 1 unspecified atom stereocenters. The molecule has 1 aliphatic rings. The van der Waals surface area contributed by atoms with E-state index in [0.29, 0.717) is 17.4 Å². The van der Waals surface area contributed by atoms with Crippen LogP contribution < -0.4 is 10.0 Å². The van der Waals surface area contributed by atoms with Gasteiger partial charge in [0, 0.05) is 24.1 Å². The molecule has 0 amide bonds. The Morgan fingerprint density at radius 3 is 2.95 bits per heavy atom. The van der Waals surface area contributed by atoms with Crippen molar-refractivity contribution in [2.24, 2.45) is 0 Å². The minimum absolute atomic E-state index is 0.0935. The van der Waals surface area contributed by atoms with E-state index in [1.165, 1.54) is 11.3 Å². The van der Waals surface area contributed by atoms with Crippen LogP contribution in [0.5, 0.6) is 0 Å². The smallest absolute Gasteiger partial charge is 0.250 e. The second kappa shape index (κ2) is 7.00. The van der Waals surface area contributed by atoms with Crippen molar-refractivity contribution in [1.29, 1.82) is 0 Å². The molecule has 0 saturated carbocycles. The molecule has 0 spiro atoms. The Balaban J connectivity index is 2.05. The molecule has 2 heterocycles. The van der Waals surface area contributed by atoms with Gasteiger partial charge in [0.05, 0.1) is 6.61 Å². The zero-order chi connectivity index (χ0) is 14.6. The summed E-state index contributed by atoms with van der Waals surface area (Å²) in [6.45, 7) is 6.83. The van der Waals surface area contributed by atoms with E-state index in [2.05, 4.69) is 17.0 Å². The number of rotatable bonds is 7. The van der Waals surface area contributed by atoms with Crippen LogP contribution in [0, 0.1) is 6.92 Å². The van der Waals surface area contributed by atoms with Crippen LogP contribution in [-0.4, -0.2) is 34.2 Å². The standard InChI is InChI=1S/C13H22N2O3S2/c1-3-5-14-8-12-10(2)7-13(19-12)20(16,17)15-11-4-6-18-9-11/h7,11,14-15H,3-6,8-9H2,1-2H3. The Morgan fingerprint density at radius 2 is 2.30 bits per heavy atom. The molecule has 0 bridgehead atoms. The van der Waals surface area contributed by atoms with Gasteiger partial charge in [-0.15, -0.1) is 11.3 Å². The van der Waals surface area contributed by atoms with Gasteiger partial charge >= 0.3 is 0 Å². The Kier molecular flexibility index (Phi) is 5.57. The second-order valence-corrected chi connectivity index (χ2v) is 8.11.